The van der Waals surface area contributed by atoms with Crippen molar-refractivity contribution in [3.63, 3.8) is 0 Å². The van der Waals surface area contributed by atoms with E-state index in [1.54, 1.807) is 6.07 Å². The van der Waals surface area contributed by atoms with Crippen molar-refractivity contribution >= 4 is 11.1 Å². The van der Waals surface area contributed by atoms with Gasteiger partial charge in [-0.05, 0) is 30.5 Å². The Bertz CT molecular complexity index is 338. The van der Waals surface area contributed by atoms with Crippen LogP contribution in [0.15, 0.2) is 18.2 Å². The van der Waals surface area contributed by atoms with Crippen LogP contribution in [0.25, 0.3) is 0 Å². The molecular formula is C9H13NO2S. The first-order valence-corrected chi connectivity index (χ1v) is 5.11. The predicted octanol–water partition coefficient (Wildman–Crippen LogP) is 1.48. The number of aryl methyl sites for hydroxylation is 2. The van der Waals surface area contributed by atoms with Crippen molar-refractivity contribution in [3.8, 4) is 0 Å². The molecule has 0 saturated carbocycles. The summed E-state index contributed by atoms with van der Waals surface area (Å²) in [5, 5.41) is -0.806. The second kappa shape index (κ2) is 4.00. The summed E-state index contributed by atoms with van der Waals surface area (Å²) in [7, 11) is 0. The molecule has 0 fully saturated rings. The van der Waals surface area contributed by atoms with Gasteiger partial charge in [-0.15, -0.1) is 0 Å². The zero-order valence-electron chi connectivity index (χ0n) is 7.65. The summed E-state index contributed by atoms with van der Waals surface area (Å²) in [6, 6.07) is 5.52. The van der Waals surface area contributed by atoms with Crippen molar-refractivity contribution in [2.24, 2.45) is 5.73 Å². The molecule has 0 aliphatic carbocycles. The molecule has 13 heavy (non-hydrogen) atoms. The first-order valence-electron chi connectivity index (χ1n) is 3.94. The van der Waals surface area contributed by atoms with Crippen molar-refractivity contribution < 1.29 is 8.76 Å². The van der Waals surface area contributed by atoms with E-state index >= 15 is 0 Å². The molecule has 0 spiro atoms. The van der Waals surface area contributed by atoms with Gasteiger partial charge in [0.1, 0.15) is 5.37 Å². The summed E-state index contributed by atoms with van der Waals surface area (Å²) >= 11 is -2.00. The molecule has 0 amide bonds. The maximum absolute atomic E-state index is 10.7. The molecule has 0 heterocycles. The van der Waals surface area contributed by atoms with Crippen LogP contribution >= 0.6 is 0 Å². The Labute approximate surface area is 80.2 Å². The molecule has 0 aliphatic rings. The zero-order valence-corrected chi connectivity index (χ0v) is 8.47. The number of rotatable bonds is 2. The van der Waals surface area contributed by atoms with E-state index in [4.69, 9.17) is 10.3 Å². The van der Waals surface area contributed by atoms with E-state index < -0.39 is 16.5 Å². The molecule has 0 radical (unpaired) electrons. The lowest BCUT2D eigenvalue weighted by molar-refractivity contribution is 0.551. The highest BCUT2D eigenvalue weighted by molar-refractivity contribution is 7.79. The lowest BCUT2D eigenvalue weighted by Crippen LogP contribution is -2.15. The fourth-order valence-electron chi connectivity index (χ4n) is 1.06. The van der Waals surface area contributed by atoms with E-state index in [9.17, 15) is 4.21 Å². The van der Waals surface area contributed by atoms with Crippen molar-refractivity contribution in [2.45, 2.75) is 19.2 Å². The van der Waals surface area contributed by atoms with Gasteiger partial charge in [0.25, 0.3) is 0 Å². The van der Waals surface area contributed by atoms with Gasteiger partial charge in [0.05, 0.1) is 0 Å². The van der Waals surface area contributed by atoms with Gasteiger partial charge in [0.15, 0.2) is 11.1 Å². The van der Waals surface area contributed by atoms with Crippen molar-refractivity contribution in [3.05, 3.63) is 34.9 Å². The van der Waals surface area contributed by atoms with Crippen molar-refractivity contribution in [1.29, 1.82) is 0 Å². The first kappa shape index (κ1) is 10.4. The molecule has 1 aromatic carbocycles. The molecule has 0 bridgehead atoms. The largest absolute Gasteiger partial charge is 0.312 e. The van der Waals surface area contributed by atoms with E-state index in [1.165, 1.54) is 0 Å². The van der Waals surface area contributed by atoms with E-state index in [2.05, 4.69) is 0 Å². The molecule has 1 rings (SSSR count). The minimum Gasteiger partial charge on any atom is -0.312 e. The molecular weight excluding hydrogens is 186 g/mol. The smallest absolute Gasteiger partial charge is 0.175 e. The van der Waals surface area contributed by atoms with E-state index in [1.807, 2.05) is 26.0 Å². The molecule has 0 aromatic heterocycles. The van der Waals surface area contributed by atoms with Crippen LogP contribution in [0.5, 0.6) is 0 Å². The quantitative estimate of drug-likeness (QED) is 0.709. The van der Waals surface area contributed by atoms with Crippen molar-refractivity contribution in [2.75, 3.05) is 0 Å². The van der Waals surface area contributed by atoms with Gasteiger partial charge in [0, 0.05) is 0 Å². The van der Waals surface area contributed by atoms with Gasteiger partial charge < -0.3 is 10.3 Å². The predicted molar refractivity (Wildman–Crippen MR) is 53.6 cm³/mol. The van der Waals surface area contributed by atoms with Gasteiger partial charge >= 0.3 is 0 Å². The molecule has 72 valence electrons. The van der Waals surface area contributed by atoms with Crippen LogP contribution < -0.4 is 5.73 Å². The van der Waals surface area contributed by atoms with Gasteiger partial charge in [0.2, 0.25) is 0 Å². The molecule has 1 aromatic rings. The van der Waals surface area contributed by atoms with Gasteiger partial charge in [-0.2, -0.15) is 0 Å². The summed E-state index contributed by atoms with van der Waals surface area (Å²) in [6.07, 6.45) is 0. The Kier molecular flexibility index (Phi) is 3.19. The summed E-state index contributed by atoms with van der Waals surface area (Å²) < 4.78 is 19.5. The third-order valence-corrected chi connectivity index (χ3v) is 2.78. The Morgan fingerprint density at radius 1 is 1.38 bits per heavy atom. The Hall–Kier alpha value is -0.710. The van der Waals surface area contributed by atoms with Crippen LogP contribution in [0, 0.1) is 13.8 Å². The van der Waals surface area contributed by atoms with Crippen molar-refractivity contribution in [1.82, 2.24) is 0 Å². The highest BCUT2D eigenvalue weighted by atomic mass is 32.2. The molecule has 3 N–H and O–H groups in total. The molecule has 0 saturated heterocycles. The van der Waals surface area contributed by atoms with E-state index in [0.29, 0.717) is 5.56 Å². The molecule has 2 unspecified atom stereocenters. The lowest BCUT2D eigenvalue weighted by atomic mass is 10.1. The average Bonchev–Trinajstić information content (AvgIpc) is 2.08. The van der Waals surface area contributed by atoms with Crippen LogP contribution in [-0.4, -0.2) is 8.76 Å². The SMILES string of the molecule is Cc1ccc(C(N)S(=O)O)cc1C. The maximum Gasteiger partial charge on any atom is 0.175 e. The molecule has 0 aliphatic heterocycles. The normalized spacial score (nSPS) is 15.4. The van der Waals surface area contributed by atoms with Crippen LogP contribution in [0.1, 0.15) is 22.1 Å². The van der Waals surface area contributed by atoms with Crippen LogP contribution in [0.2, 0.25) is 0 Å². The van der Waals surface area contributed by atoms with E-state index in [-0.39, 0.29) is 0 Å². The highest BCUT2D eigenvalue weighted by Crippen LogP contribution is 2.16. The summed E-state index contributed by atoms with van der Waals surface area (Å²) in [5.74, 6) is 0. The fraction of sp³-hybridized carbons (Fsp3) is 0.333. The Balaban J connectivity index is 3.03. The minimum atomic E-state index is -2.00. The molecule has 2 atom stereocenters. The fourth-order valence-corrected chi connectivity index (χ4v) is 1.44. The summed E-state index contributed by atoms with van der Waals surface area (Å²) in [6.45, 7) is 3.94. The van der Waals surface area contributed by atoms with E-state index in [0.717, 1.165) is 11.1 Å². The first-order chi connectivity index (χ1) is 6.02. The second-order valence-electron chi connectivity index (χ2n) is 3.04. The van der Waals surface area contributed by atoms with Gasteiger partial charge in [-0.3, -0.25) is 0 Å². The van der Waals surface area contributed by atoms with Gasteiger partial charge in [-0.1, -0.05) is 18.2 Å². The van der Waals surface area contributed by atoms with Crippen LogP contribution in [0.3, 0.4) is 0 Å². The number of benzene rings is 1. The summed E-state index contributed by atoms with van der Waals surface area (Å²) in [5.41, 5.74) is 8.44. The van der Waals surface area contributed by atoms with Crippen LogP contribution in [0.4, 0.5) is 0 Å². The number of nitrogens with two attached hydrogens (primary N) is 1. The minimum absolute atomic E-state index is 0.698. The Morgan fingerprint density at radius 3 is 2.46 bits per heavy atom. The summed E-state index contributed by atoms with van der Waals surface area (Å²) in [4.78, 5) is 0. The second-order valence-corrected chi connectivity index (χ2v) is 4.10. The third kappa shape index (κ3) is 2.37. The average molecular weight is 199 g/mol. The van der Waals surface area contributed by atoms with Gasteiger partial charge in [-0.25, -0.2) is 4.21 Å². The third-order valence-electron chi connectivity index (χ3n) is 2.08. The molecule has 3 nitrogen and oxygen atoms in total. The topological polar surface area (TPSA) is 63.3 Å². The lowest BCUT2D eigenvalue weighted by Gasteiger charge is -2.09. The maximum atomic E-state index is 10.7. The Morgan fingerprint density at radius 2 is 2.00 bits per heavy atom. The van der Waals surface area contributed by atoms with Crippen LogP contribution in [-0.2, 0) is 11.1 Å². The zero-order chi connectivity index (χ0) is 10.0. The number of hydrogen-bond donors (Lipinski definition) is 2. The monoisotopic (exact) mass is 199 g/mol. The standard InChI is InChI=1S/C9H13NO2S/c1-6-3-4-8(5-7(6)2)9(10)13(11)12/h3-5,9H,10H2,1-2H3,(H,11,12). The highest BCUT2D eigenvalue weighted by Gasteiger charge is 2.11. The molecule has 4 heteroatoms. The number of hydrogen-bond acceptors (Lipinski definition) is 2.